The Morgan fingerprint density at radius 3 is 2.35 bits per heavy atom. The van der Waals surface area contributed by atoms with E-state index in [9.17, 15) is 9.18 Å². The summed E-state index contributed by atoms with van der Waals surface area (Å²) in [5.74, 6) is 0.418. The van der Waals surface area contributed by atoms with Crippen molar-refractivity contribution in [3.8, 4) is 0 Å². The Hall–Kier alpha value is -1.38. The molecule has 0 aliphatic carbocycles. The van der Waals surface area contributed by atoms with Crippen LogP contribution in [0.5, 0.6) is 0 Å². The number of carbonyl (C=O) groups is 1. The Balaban J connectivity index is 2.42. The predicted molar refractivity (Wildman–Crippen MR) is 67.3 cm³/mol. The van der Waals surface area contributed by atoms with Crippen molar-refractivity contribution in [1.29, 1.82) is 0 Å². The lowest BCUT2D eigenvalue weighted by Gasteiger charge is -2.13. The van der Waals surface area contributed by atoms with Crippen molar-refractivity contribution < 1.29 is 9.18 Å². The van der Waals surface area contributed by atoms with Gasteiger partial charge in [0.15, 0.2) is 0 Å². The largest absolute Gasteiger partial charge is 0.355 e. The molecule has 3 heteroatoms. The van der Waals surface area contributed by atoms with Gasteiger partial charge in [0.1, 0.15) is 5.82 Å². The number of amides is 1. The summed E-state index contributed by atoms with van der Waals surface area (Å²) >= 11 is 0. The fraction of sp³-hybridized carbons (Fsp3) is 0.500. The minimum atomic E-state index is -0.232. The molecule has 1 aromatic rings. The molecule has 94 valence electrons. The summed E-state index contributed by atoms with van der Waals surface area (Å²) < 4.78 is 12.7. The second kappa shape index (κ2) is 6.38. The third-order valence-electron chi connectivity index (χ3n) is 2.64. The lowest BCUT2D eigenvalue weighted by molar-refractivity contribution is -0.121. The van der Waals surface area contributed by atoms with Crippen LogP contribution in [0.1, 0.15) is 38.7 Å². The van der Waals surface area contributed by atoms with Crippen molar-refractivity contribution in [2.45, 2.75) is 33.1 Å². The predicted octanol–water partition coefficient (Wildman–Crippen LogP) is 3.09. The van der Waals surface area contributed by atoms with Crippen molar-refractivity contribution >= 4 is 5.91 Å². The zero-order valence-electron chi connectivity index (χ0n) is 10.7. The molecule has 0 aromatic heterocycles. The van der Waals surface area contributed by atoms with Crippen LogP contribution in [0.15, 0.2) is 24.3 Å². The van der Waals surface area contributed by atoms with E-state index in [0.29, 0.717) is 18.9 Å². The van der Waals surface area contributed by atoms with Gasteiger partial charge in [0.05, 0.1) is 0 Å². The summed E-state index contributed by atoms with van der Waals surface area (Å²) in [5.41, 5.74) is 1.04. The molecule has 2 nitrogen and oxygen atoms in total. The molecular formula is C14H20FNO. The third kappa shape index (κ3) is 4.98. The molecule has 0 fully saturated rings. The minimum absolute atomic E-state index is 0.0777. The Bertz CT molecular complexity index is 359. The smallest absolute Gasteiger partial charge is 0.220 e. The van der Waals surface area contributed by atoms with Crippen LogP contribution in [0, 0.1) is 11.7 Å². The first kappa shape index (κ1) is 13.7. The third-order valence-corrected chi connectivity index (χ3v) is 2.64. The molecule has 0 saturated carbocycles. The molecule has 0 heterocycles. The maximum atomic E-state index is 12.7. The Labute approximate surface area is 102 Å². The standard InChI is InChI=1S/C14H20FNO/c1-10(2)8-14(17)16-9-11(3)12-4-6-13(15)7-5-12/h4-7,10-11H,8-9H2,1-3H3,(H,16,17). The maximum Gasteiger partial charge on any atom is 0.220 e. The van der Waals surface area contributed by atoms with E-state index >= 15 is 0 Å². The van der Waals surface area contributed by atoms with Gasteiger partial charge in [-0.15, -0.1) is 0 Å². The molecule has 0 bridgehead atoms. The zero-order valence-corrected chi connectivity index (χ0v) is 10.7. The van der Waals surface area contributed by atoms with E-state index in [4.69, 9.17) is 0 Å². The molecule has 1 atom stereocenters. The van der Waals surface area contributed by atoms with Gasteiger partial charge in [-0.2, -0.15) is 0 Å². The van der Waals surface area contributed by atoms with Crippen LogP contribution >= 0.6 is 0 Å². The molecule has 1 rings (SSSR count). The highest BCUT2D eigenvalue weighted by molar-refractivity contribution is 5.76. The van der Waals surface area contributed by atoms with Gasteiger partial charge < -0.3 is 5.32 Å². The summed E-state index contributed by atoms with van der Waals surface area (Å²) in [6, 6.07) is 6.41. The topological polar surface area (TPSA) is 29.1 Å². The van der Waals surface area contributed by atoms with Crippen molar-refractivity contribution in [1.82, 2.24) is 5.32 Å². The Morgan fingerprint density at radius 1 is 1.24 bits per heavy atom. The van der Waals surface area contributed by atoms with Gasteiger partial charge in [0, 0.05) is 13.0 Å². The summed E-state index contributed by atoms with van der Waals surface area (Å²) in [5, 5.41) is 2.89. The highest BCUT2D eigenvalue weighted by atomic mass is 19.1. The van der Waals surface area contributed by atoms with Gasteiger partial charge >= 0.3 is 0 Å². The summed E-state index contributed by atoms with van der Waals surface area (Å²) in [6.07, 6.45) is 0.552. The van der Waals surface area contributed by atoms with Gasteiger partial charge in [-0.25, -0.2) is 4.39 Å². The van der Waals surface area contributed by atoms with E-state index in [1.165, 1.54) is 12.1 Å². The molecule has 0 saturated heterocycles. The molecule has 0 aliphatic rings. The molecule has 1 N–H and O–H groups in total. The first-order valence-corrected chi connectivity index (χ1v) is 6.01. The molecule has 0 radical (unpaired) electrons. The number of hydrogen-bond donors (Lipinski definition) is 1. The van der Waals surface area contributed by atoms with Gasteiger partial charge in [0.2, 0.25) is 5.91 Å². The highest BCUT2D eigenvalue weighted by Gasteiger charge is 2.09. The van der Waals surface area contributed by atoms with Crippen molar-refractivity contribution in [3.05, 3.63) is 35.6 Å². The van der Waals surface area contributed by atoms with E-state index in [0.717, 1.165) is 5.56 Å². The number of nitrogens with one attached hydrogen (secondary N) is 1. The van der Waals surface area contributed by atoms with Gasteiger partial charge in [-0.05, 0) is 29.5 Å². The second-order valence-corrected chi connectivity index (χ2v) is 4.85. The van der Waals surface area contributed by atoms with Gasteiger partial charge in [-0.1, -0.05) is 32.9 Å². The van der Waals surface area contributed by atoms with Crippen LogP contribution in [0.25, 0.3) is 0 Å². The fourth-order valence-corrected chi connectivity index (χ4v) is 1.62. The maximum absolute atomic E-state index is 12.7. The normalized spacial score (nSPS) is 12.5. The van der Waals surface area contributed by atoms with Crippen LogP contribution in [0.4, 0.5) is 4.39 Å². The molecule has 0 spiro atoms. The number of halogens is 1. The van der Waals surface area contributed by atoms with Crippen molar-refractivity contribution in [2.75, 3.05) is 6.54 Å². The summed E-state index contributed by atoms with van der Waals surface area (Å²) in [6.45, 7) is 6.64. The monoisotopic (exact) mass is 237 g/mol. The number of benzene rings is 1. The Morgan fingerprint density at radius 2 is 1.82 bits per heavy atom. The first-order chi connectivity index (χ1) is 7.99. The average molecular weight is 237 g/mol. The molecule has 17 heavy (non-hydrogen) atoms. The van der Waals surface area contributed by atoms with Crippen LogP contribution in [0.2, 0.25) is 0 Å². The van der Waals surface area contributed by atoms with Gasteiger partial charge in [0.25, 0.3) is 0 Å². The van der Waals surface area contributed by atoms with E-state index in [-0.39, 0.29) is 17.6 Å². The fourth-order valence-electron chi connectivity index (χ4n) is 1.62. The molecule has 1 unspecified atom stereocenters. The van der Waals surface area contributed by atoms with E-state index in [1.54, 1.807) is 12.1 Å². The van der Waals surface area contributed by atoms with Crippen LogP contribution in [-0.2, 0) is 4.79 Å². The van der Waals surface area contributed by atoms with E-state index in [1.807, 2.05) is 20.8 Å². The van der Waals surface area contributed by atoms with E-state index < -0.39 is 0 Å². The first-order valence-electron chi connectivity index (χ1n) is 6.01. The second-order valence-electron chi connectivity index (χ2n) is 4.85. The quantitative estimate of drug-likeness (QED) is 0.837. The number of hydrogen-bond acceptors (Lipinski definition) is 1. The number of rotatable bonds is 5. The van der Waals surface area contributed by atoms with Crippen LogP contribution < -0.4 is 5.32 Å². The minimum Gasteiger partial charge on any atom is -0.355 e. The van der Waals surface area contributed by atoms with Crippen LogP contribution in [0.3, 0.4) is 0 Å². The number of carbonyl (C=O) groups excluding carboxylic acids is 1. The average Bonchev–Trinajstić information content (AvgIpc) is 2.26. The summed E-state index contributed by atoms with van der Waals surface area (Å²) in [4.78, 5) is 11.5. The Kier molecular flexibility index (Phi) is 5.13. The van der Waals surface area contributed by atoms with Crippen molar-refractivity contribution in [3.63, 3.8) is 0 Å². The SMILES string of the molecule is CC(C)CC(=O)NCC(C)c1ccc(F)cc1. The highest BCUT2D eigenvalue weighted by Crippen LogP contribution is 2.14. The lowest BCUT2D eigenvalue weighted by Crippen LogP contribution is -2.28. The molecule has 0 aliphatic heterocycles. The van der Waals surface area contributed by atoms with E-state index in [2.05, 4.69) is 5.32 Å². The summed E-state index contributed by atoms with van der Waals surface area (Å²) in [7, 11) is 0. The molecule has 1 amide bonds. The zero-order chi connectivity index (χ0) is 12.8. The van der Waals surface area contributed by atoms with Crippen molar-refractivity contribution in [2.24, 2.45) is 5.92 Å². The molecule has 1 aromatic carbocycles. The molecular weight excluding hydrogens is 217 g/mol. The lowest BCUT2D eigenvalue weighted by atomic mass is 10.0. The van der Waals surface area contributed by atoms with Crippen LogP contribution in [-0.4, -0.2) is 12.5 Å². The van der Waals surface area contributed by atoms with Gasteiger partial charge in [-0.3, -0.25) is 4.79 Å².